The number of ether oxygens (including phenoxy) is 1. The van der Waals surface area contributed by atoms with Crippen LogP contribution in [0.25, 0.3) is 11.0 Å². The van der Waals surface area contributed by atoms with Crippen LogP contribution >= 0.6 is 0 Å². The quantitative estimate of drug-likeness (QED) is 0.576. The number of hydrogen-bond donors (Lipinski definition) is 2. The first-order valence-corrected chi connectivity index (χ1v) is 11.5. The molecule has 0 bridgehead atoms. The average molecular weight is 436 g/mol. The third-order valence-electron chi connectivity index (χ3n) is 6.35. The number of nitrogens with one attached hydrogen (secondary N) is 2. The van der Waals surface area contributed by atoms with E-state index >= 15 is 0 Å². The summed E-state index contributed by atoms with van der Waals surface area (Å²) in [5.74, 6) is 1.73. The molecule has 2 N–H and O–H groups in total. The SMILES string of the molecule is CC(C)[C@H](C)n1c(=O)ccc2cnc(N[C@@H](C)c3ccc(OC4CCNCC4)cc3)nc21. The summed E-state index contributed by atoms with van der Waals surface area (Å²) in [4.78, 5) is 21.8. The minimum atomic E-state index is -0.0410. The zero-order chi connectivity index (χ0) is 22.7. The molecule has 1 aliphatic rings. The predicted octanol–water partition coefficient (Wildman–Crippen LogP) is 4.31. The molecule has 3 aromatic rings. The van der Waals surface area contributed by atoms with Gasteiger partial charge in [0.05, 0.1) is 6.04 Å². The van der Waals surface area contributed by atoms with Gasteiger partial charge in [-0.25, -0.2) is 4.98 Å². The predicted molar refractivity (Wildman–Crippen MR) is 128 cm³/mol. The van der Waals surface area contributed by atoms with Crippen molar-refractivity contribution in [3.8, 4) is 5.75 Å². The lowest BCUT2D eigenvalue weighted by molar-refractivity contribution is 0.162. The Hall–Kier alpha value is -2.93. The highest BCUT2D eigenvalue weighted by molar-refractivity contribution is 5.75. The van der Waals surface area contributed by atoms with Crippen molar-refractivity contribution >= 4 is 17.0 Å². The summed E-state index contributed by atoms with van der Waals surface area (Å²) >= 11 is 0. The standard InChI is InChI=1S/C25H33N5O2/c1-16(2)18(4)30-23(31)10-7-20-15-27-25(29-24(20)30)28-17(3)19-5-8-21(9-6-19)32-22-11-13-26-14-12-22/h5-10,15-18,22,26H,11-14H2,1-4H3,(H,27,28,29)/t17-,18-/m0/s1. The van der Waals surface area contributed by atoms with E-state index in [0.717, 1.165) is 42.6 Å². The number of anilines is 1. The van der Waals surface area contributed by atoms with Crippen molar-refractivity contribution in [2.24, 2.45) is 5.92 Å². The number of pyridine rings is 1. The molecule has 4 rings (SSSR count). The molecule has 0 amide bonds. The number of nitrogens with zero attached hydrogens (tertiary/aromatic N) is 3. The molecular formula is C25H33N5O2. The molecule has 7 nitrogen and oxygen atoms in total. The van der Waals surface area contributed by atoms with Gasteiger partial charge in [0.1, 0.15) is 17.5 Å². The lowest BCUT2D eigenvalue weighted by atomic mass is 10.1. The number of piperidine rings is 1. The second kappa shape index (κ2) is 9.69. The Morgan fingerprint density at radius 2 is 1.78 bits per heavy atom. The van der Waals surface area contributed by atoms with Crippen LogP contribution in [0.1, 0.15) is 58.2 Å². The van der Waals surface area contributed by atoms with E-state index in [-0.39, 0.29) is 23.7 Å². The van der Waals surface area contributed by atoms with Crippen LogP contribution < -0.4 is 20.9 Å². The Balaban J connectivity index is 1.51. The highest BCUT2D eigenvalue weighted by atomic mass is 16.5. The lowest BCUT2D eigenvalue weighted by Gasteiger charge is -2.24. The summed E-state index contributed by atoms with van der Waals surface area (Å²) in [5, 5.41) is 7.59. The van der Waals surface area contributed by atoms with Crippen LogP contribution in [0.3, 0.4) is 0 Å². The number of aromatic nitrogens is 3. The van der Waals surface area contributed by atoms with Crippen LogP contribution in [0.4, 0.5) is 5.95 Å². The molecule has 2 aromatic heterocycles. The Bertz CT molecular complexity index is 1100. The molecule has 1 aromatic carbocycles. The van der Waals surface area contributed by atoms with Crippen LogP contribution in [0.15, 0.2) is 47.4 Å². The van der Waals surface area contributed by atoms with Crippen LogP contribution in [0.2, 0.25) is 0 Å². The van der Waals surface area contributed by atoms with E-state index in [1.165, 1.54) is 0 Å². The van der Waals surface area contributed by atoms with Gasteiger partial charge in [0, 0.05) is 23.7 Å². The maximum Gasteiger partial charge on any atom is 0.252 e. The van der Waals surface area contributed by atoms with Crippen molar-refractivity contribution in [1.82, 2.24) is 19.9 Å². The maximum atomic E-state index is 12.6. The third kappa shape index (κ3) is 4.93. The minimum absolute atomic E-state index is 0.00628. The van der Waals surface area contributed by atoms with Crippen molar-refractivity contribution < 1.29 is 4.74 Å². The van der Waals surface area contributed by atoms with Gasteiger partial charge in [-0.2, -0.15) is 4.98 Å². The molecular weight excluding hydrogens is 402 g/mol. The van der Waals surface area contributed by atoms with Gasteiger partial charge in [0.25, 0.3) is 5.56 Å². The zero-order valence-electron chi connectivity index (χ0n) is 19.3. The van der Waals surface area contributed by atoms with Gasteiger partial charge in [-0.1, -0.05) is 26.0 Å². The van der Waals surface area contributed by atoms with Gasteiger partial charge >= 0.3 is 0 Å². The molecule has 0 unspecified atom stereocenters. The monoisotopic (exact) mass is 435 g/mol. The number of benzene rings is 1. The highest BCUT2D eigenvalue weighted by Gasteiger charge is 2.17. The van der Waals surface area contributed by atoms with Crippen molar-refractivity contribution in [2.75, 3.05) is 18.4 Å². The van der Waals surface area contributed by atoms with E-state index in [1.54, 1.807) is 22.9 Å². The first-order valence-electron chi connectivity index (χ1n) is 11.5. The summed E-state index contributed by atoms with van der Waals surface area (Å²) < 4.78 is 7.87. The molecule has 0 spiro atoms. The van der Waals surface area contributed by atoms with E-state index in [1.807, 2.05) is 12.1 Å². The molecule has 3 heterocycles. The highest BCUT2D eigenvalue weighted by Crippen LogP contribution is 2.24. The van der Waals surface area contributed by atoms with Gasteiger partial charge in [-0.05, 0) is 69.5 Å². The van der Waals surface area contributed by atoms with Crippen LogP contribution in [-0.4, -0.2) is 33.7 Å². The molecule has 7 heteroatoms. The zero-order valence-corrected chi connectivity index (χ0v) is 19.3. The van der Waals surface area contributed by atoms with Crippen LogP contribution in [0.5, 0.6) is 5.75 Å². The largest absolute Gasteiger partial charge is 0.490 e. The first-order chi connectivity index (χ1) is 15.4. The molecule has 0 saturated carbocycles. The smallest absolute Gasteiger partial charge is 0.252 e. The van der Waals surface area contributed by atoms with E-state index in [0.29, 0.717) is 17.5 Å². The Morgan fingerprint density at radius 3 is 2.47 bits per heavy atom. The molecule has 0 aliphatic carbocycles. The fourth-order valence-electron chi connectivity index (χ4n) is 4.02. The Labute approximate surface area is 189 Å². The first kappa shape index (κ1) is 22.3. The van der Waals surface area contributed by atoms with Crippen molar-refractivity contribution in [3.63, 3.8) is 0 Å². The van der Waals surface area contributed by atoms with Gasteiger partial charge in [-0.3, -0.25) is 9.36 Å². The normalized spacial score (nSPS) is 16.8. The van der Waals surface area contributed by atoms with Crippen molar-refractivity contribution in [2.45, 2.75) is 58.7 Å². The van der Waals surface area contributed by atoms with Crippen molar-refractivity contribution in [1.29, 1.82) is 0 Å². The molecule has 1 saturated heterocycles. The van der Waals surface area contributed by atoms with E-state index in [9.17, 15) is 4.79 Å². The Morgan fingerprint density at radius 1 is 1.06 bits per heavy atom. The maximum absolute atomic E-state index is 12.6. The van der Waals surface area contributed by atoms with E-state index in [2.05, 4.69) is 55.4 Å². The van der Waals surface area contributed by atoms with Gasteiger partial charge in [-0.15, -0.1) is 0 Å². The van der Waals surface area contributed by atoms with Gasteiger partial charge in [0.15, 0.2) is 0 Å². The summed E-state index contributed by atoms with van der Waals surface area (Å²) in [6.45, 7) is 10.4. The van der Waals surface area contributed by atoms with Crippen molar-refractivity contribution in [3.05, 3.63) is 58.5 Å². The summed E-state index contributed by atoms with van der Waals surface area (Å²) in [7, 11) is 0. The molecule has 32 heavy (non-hydrogen) atoms. The number of hydrogen-bond acceptors (Lipinski definition) is 6. The number of fused-ring (bicyclic) bond motifs is 1. The second-order valence-corrected chi connectivity index (χ2v) is 9.00. The Kier molecular flexibility index (Phi) is 6.74. The van der Waals surface area contributed by atoms with Gasteiger partial charge in [0.2, 0.25) is 5.95 Å². The van der Waals surface area contributed by atoms with E-state index < -0.39 is 0 Å². The topological polar surface area (TPSA) is 81.1 Å². The third-order valence-corrected chi connectivity index (χ3v) is 6.35. The molecule has 1 fully saturated rings. The lowest BCUT2D eigenvalue weighted by Crippen LogP contribution is -2.34. The molecule has 2 atom stereocenters. The summed E-state index contributed by atoms with van der Waals surface area (Å²) in [5.41, 5.74) is 1.74. The number of rotatable bonds is 7. The summed E-state index contributed by atoms with van der Waals surface area (Å²) in [6, 6.07) is 11.6. The molecule has 170 valence electrons. The molecule has 1 aliphatic heterocycles. The molecule has 0 radical (unpaired) electrons. The fourth-order valence-corrected chi connectivity index (χ4v) is 4.02. The van der Waals surface area contributed by atoms with E-state index in [4.69, 9.17) is 9.72 Å². The van der Waals surface area contributed by atoms with Crippen LogP contribution in [-0.2, 0) is 0 Å². The fraction of sp³-hybridized carbons (Fsp3) is 0.480. The van der Waals surface area contributed by atoms with Crippen LogP contribution in [0, 0.1) is 5.92 Å². The minimum Gasteiger partial charge on any atom is -0.490 e. The average Bonchev–Trinajstić information content (AvgIpc) is 2.79. The van der Waals surface area contributed by atoms with Gasteiger partial charge < -0.3 is 15.4 Å². The second-order valence-electron chi connectivity index (χ2n) is 9.00. The summed E-state index contributed by atoms with van der Waals surface area (Å²) in [6.07, 6.45) is 4.14.